The number of hydrogen-bond acceptors (Lipinski definition) is 6. The number of benzene rings is 2. The summed E-state index contributed by atoms with van der Waals surface area (Å²) in [4.78, 5) is 23.2. The zero-order valence-corrected chi connectivity index (χ0v) is 17.5. The molecule has 150 valence electrons. The molecule has 1 unspecified atom stereocenters. The number of non-ortho nitro benzene ring substituents is 1. The van der Waals surface area contributed by atoms with Gasteiger partial charge < -0.3 is 5.32 Å². The minimum atomic E-state index is -0.518. The number of thioether (sulfide) groups is 1. The second kappa shape index (κ2) is 8.62. The number of nitrogens with one attached hydrogen (secondary N) is 1. The zero-order valence-electron chi connectivity index (χ0n) is 15.9. The number of anilines is 1. The second-order valence-corrected chi connectivity index (χ2v) is 8.10. The van der Waals surface area contributed by atoms with Crippen LogP contribution in [-0.4, -0.2) is 30.8 Å². The summed E-state index contributed by atoms with van der Waals surface area (Å²) < 4.78 is 1.82. The van der Waals surface area contributed by atoms with Gasteiger partial charge in [-0.1, -0.05) is 35.5 Å². The number of carbonyl (C=O) groups excluding carboxylic acids is 1. The molecule has 0 aliphatic heterocycles. The highest BCUT2D eigenvalue weighted by Crippen LogP contribution is 2.28. The summed E-state index contributed by atoms with van der Waals surface area (Å²) in [5.74, 6) is 0.369. The SMILES string of the molecule is Cc1ccc([N+](=O)[O-])cc1NC(=O)C(C)Sc1nnc(C)n1-c1cccc(Cl)c1. The summed E-state index contributed by atoms with van der Waals surface area (Å²) in [7, 11) is 0. The molecule has 1 heterocycles. The third-order valence-corrected chi connectivity index (χ3v) is 5.48. The Balaban J connectivity index is 1.79. The fourth-order valence-electron chi connectivity index (χ4n) is 2.64. The van der Waals surface area contributed by atoms with Gasteiger partial charge in [0.1, 0.15) is 5.82 Å². The Morgan fingerprint density at radius 1 is 1.24 bits per heavy atom. The number of hydrogen-bond donors (Lipinski definition) is 1. The lowest BCUT2D eigenvalue weighted by Crippen LogP contribution is -2.23. The predicted octanol–water partition coefficient (Wildman–Crippen LogP) is 4.57. The average Bonchev–Trinajstić information content (AvgIpc) is 3.03. The van der Waals surface area contributed by atoms with E-state index in [2.05, 4.69) is 15.5 Å². The lowest BCUT2D eigenvalue weighted by atomic mass is 10.2. The average molecular weight is 432 g/mol. The van der Waals surface area contributed by atoms with Crippen LogP contribution in [0.1, 0.15) is 18.3 Å². The minimum absolute atomic E-state index is 0.0810. The van der Waals surface area contributed by atoms with Gasteiger partial charge in [-0.15, -0.1) is 10.2 Å². The van der Waals surface area contributed by atoms with E-state index in [0.29, 0.717) is 21.7 Å². The molecular weight excluding hydrogens is 414 g/mol. The van der Waals surface area contributed by atoms with Crippen molar-refractivity contribution >= 4 is 40.6 Å². The molecule has 0 radical (unpaired) electrons. The van der Waals surface area contributed by atoms with E-state index in [1.165, 1.54) is 23.9 Å². The van der Waals surface area contributed by atoms with Gasteiger partial charge in [-0.05, 0) is 44.5 Å². The lowest BCUT2D eigenvalue weighted by molar-refractivity contribution is -0.384. The molecule has 0 spiro atoms. The number of nitro groups is 1. The van der Waals surface area contributed by atoms with Crippen LogP contribution in [0.15, 0.2) is 47.6 Å². The third-order valence-electron chi connectivity index (χ3n) is 4.20. The highest BCUT2D eigenvalue weighted by Gasteiger charge is 2.21. The third kappa shape index (κ3) is 4.75. The molecule has 3 rings (SSSR count). The first kappa shape index (κ1) is 20.8. The first-order valence-electron chi connectivity index (χ1n) is 8.67. The molecule has 0 saturated heterocycles. The van der Waals surface area contributed by atoms with Gasteiger partial charge in [0.05, 0.1) is 21.5 Å². The van der Waals surface area contributed by atoms with Crippen molar-refractivity contribution in [1.29, 1.82) is 0 Å². The van der Waals surface area contributed by atoms with Gasteiger partial charge in [0.15, 0.2) is 5.16 Å². The molecule has 0 aliphatic rings. The van der Waals surface area contributed by atoms with Crippen LogP contribution in [-0.2, 0) is 4.79 Å². The Kier molecular flexibility index (Phi) is 6.19. The van der Waals surface area contributed by atoms with Crippen LogP contribution < -0.4 is 5.32 Å². The van der Waals surface area contributed by atoms with Gasteiger partial charge in [0.25, 0.3) is 5.69 Å². The Morgan fingerprint density at radius 2 is 2.00 bits per heavy atom. The number of nitro benzene ring substituents is 1. The Bertz CT molecular complexity index is 1090. The van der Waals surface area contributed by atoms with Crippen molar-refractivity contribution < 1.29 is 9.72 Å². The van der Waals surface area contributed by atoms with Crippen molar-refractivity contribution in [2.24, 2.45) is 0 Å². The largest absolute Gasteiger partial charge is 0.325 e. The number of amides is 1. The first-order chi connectivity index (χ1) is 13.8. The molecule has 1 aromatic heterocycles. The first-order valence-corrected chi connectivity index (χ1v) is 9.92. The summed E-state index contributed by atoms with van der Waals surface area (Å²) in [6.45, 7) is 5.32. The summed E-state index contributed by atoms with van der Waals surface area (Å²) in [6, 6.07) is 11.6. The molecule has 0 bridgehead atoms. The molecule has 0 fully saturated rings. The number of nitrogens with zero attached hydrogens (tertiary/aromatic N) is 4. The maximum absolute atomic E-state index is 12.7. The van der Waals surface area contributed by atoms with Gasteiger partial charge >= 0.3 is 0 Å². The molecule has 0 saturated carbocycles. The maximum Gasteiger partial charge on any atom is 0.271 e. The minimum Gasteiger partial charge on any atom is -0.325 e. The summed E-state index contributed by atoms with van der Waals surface area (Å²) in [5.41, 5.74) is 1.86. The summed E-state index contributed by atoms with van der Waals surface area (Å²) in [6.07, 6.45) is 0. The van der Waals surface area contributed by atoms with Crippen molar-refractivity contribution in [2.75, 3.05) is 5.32 Å². The maximum atomic E-state index is 12.7. The standard InChI is InChI=1S/C19H18ClN5O3S/c1-11-7-8-16(25(27)28)10-17(11)21-18(26)12(2)29-19-23-22-13(3)24(19)15-6-4-5-14(20)9-15/h4-10,12H,1-3H3,(H,21,26). The molecule has 1 N–H and O–H groups in total. The van der Waals surface area contributed by atoms with Crippen LogP contribution in [0.25, 0.3) is 5.69 Å². The monoisotopic (exact) mass is 431 g/mol. The van der Waals surface area contributed by atoms with Crippen molar-refractivity contribution in [3.63, 3.8) is 0 Å². The number of aryl methyl sites for hydroxylation is 2. The van der Waals surface area contributed by atoms with Gasteiger partial charge in [-0.3, -0.25) is 19.5 Å². The van der Waals surface area contributed by atoms with E-state index >= 15 is 0 Å². The Hall–Kier alpha value is -2.91. The normalized spacial score (nSPS) is 11.9. The van der Waals surface area contributed by atoms with Crippen molar-refractivity contribution in [2.45, 2.75) is 31.2 Å². The Labute approximate surface area is 176 Å². The van der Waals surface area contributed by atoms with Gasteiger partial charge in [0.2, 0.25) is 5.91 Å². The van der Waals surface area contributed by atoms with Crippen molar-refractivity contribution in [3.05, 3.63) is 69.0 Å². The predicted molar refractivity (Wildman–Crippen MR) is 113 cm³/mol. The quantitative estimate of drug-likeness (QED) is 0.348. The highest BCUT2D eigenvalue weighted by atomic mass is 35.5. The summed E-state index contributed by atoms with van der Waals surface area (Å²) >= 11 is 7.33. The molecule has 29 heavy (non-hydrogen) atoms. The molecule has 8 nitrogen and oxygen atoms in total. The number of aromatic nitrogens is 3. The molecule has 3 aromatic rings. The topological polar surface area (TPSA) is 103 Å². The van der Waals surface area contributed by atoms with Crippen molar-refractivity contribution in [3.8, 4) is 5.69 Å². The number of halogens is 1. The highest BCUT2D eigenvalue weighted by molar-refractivity contribution is 8.00. The summed E-state index contributed by atoms with van der Waals surface area (Å²) in [5, 5.41) is 22.6. The van der Waals surface area contributed by atoms with Crippen LogP contribution in [0.3, 0.4) is 0 Å². The molecule has 1 atom stereocenters. The van der Waals surface area contributed by atoms with Crippen molar-refractivity contribution in [1.82, 2.24) is 14.8 Å². The van der Waals surface area contributed by atoms with Crippen LogP contribution in [0.2, 0.25) is 5.02 Å². The van der Waals surface area contributed by atoms with E-state index in [1.54, 1.807) is 32.0 Å². The Morgan fingerprint density at radius 3 is 2.69 bits per heavy atom. The van der Waals surface area contributed by atoms with E-state index in [1.807, 2.05) is 23.6 Å². The van der Waals surface area contributed by atoms with Gasteiger partial charge in [-0.2, -0.15) is 0 Å². The smallest absolute Gasteiger partial charge is 0.271 e. The van der Waals surface area contributed by atoms with E-state index in [9.17, 15) is 14.9 Å². The van der Waals surface area contributed by atoms with Crippen LogP contribution in [0.5, 0.6) is 0 Å². The van der Waals surface area contributed by atoms with Crippen LogP contribution >= 0.6 is 23.4 Å². The molecule has 10 heteroatoms. The van der Waals surface area contributed by atoms with E-state index in [0.717, 1.165) is 11.3 Å². The molecule has 0 aliphatic carbocycles. The second-order valence-electron chi connectivity index (χ2n) is 6.35. The van der Waals surface area contributed by atoms with Crippen LogP contribution in [0, 0.1) is 24.0 Å². The molecule has 1 amide bonds. The van der Waals surface area contributed by atoms with Crippen LogP contribution in [0.4, 0.5) is 11.4 Å². The lowest BCUT2D eigenvalue weighted by Gasteiger charge is -2.14. The van der Waals surface area contributed by atoms with E-state index in [4.69, 9.17) is 11.6 Å². The van der Waals surface area contributed by atoms with E-state index in [-0.39, 0.29) is 11.6 Å². The zero-order chi connectivity index (χ0) is 21.1. The number of rotatable bonds is 6. The number of carbonyl (C=O) groups is 1. The molecular formula is C19H18ClN5O3S. The fourth-order valence-corrected chi connectivity index (χ4v) is 3.73. The van der Waals surface area contributed by atoms with E-state index < -0.39 is 10.2 Å². The molecule has 2 aromatic carbocycles. The van der Waals surface area contributed by atoms with Gasteiger partial charge in [-0.25, -0.2) is 0 Å². The fraction of sp³-hybridized carbons (Fsp3) is 0.211. The van der Waals surface area contributed by atoms with Gasteiger partial charge in [0, 0.05) is 17.2 Å².